The maximum Gasteiger partial charge on any atom is 0.246 e. The van der Waals surface area contributed by atoms with Crippen LogP contribution < -0.4 is 42.0 Å². The van der Waals surface area contributed by atoms with Gasteiger partial charge in [0.15, 0.2) is 11.6 Å². The third-order valence-electron chi connectivity index (χ3n) is 23.7. The number of amides is 11. The first-order valence-corrected chi connectivity index (χ1v) is 42.7. The number of hydrogen-bond donors (Lipinski definition) is 8. The van der Waals surface area contributed by atoms with E-state index in [4.69, 9.17) is 18.9 Å². The van der Waals surface area contributed by atoms with Crippen LogP contribution in [0.2, 0.25) is 0 Å². The van der Waals surface area contributed by atoms with Crippen LogP contribution >= 0.6 is 0 Å². The second-order valence-electron chi connectivity index (χ2n) is 34.0. The largest absolute Gasteiger partial charge is 0.497 e. The van der Waals surface area contributed by atoms with Crippen molar-refractivity contribution in [2.75, 3.05) is 107 Å². The molecular weight excluding hydrogens is 1570 g/mol. The van der Waals surface area contributed by atoms with Gasteiger partial charge in [-0.1, -0.05) is 72.8 Å². The molecule has 32 heteroatoms. The molecule has 1 aromatic heterocycles. The lowest BCUT2D eigenvalue weighted by Crippen LogP contribution is -2.62. The number of hydrogen-bond acceptors (Lipinski definition) is 18. The Morgan fingerprint density at radius 1 is 0.656 bits per heavy atom. The minimum absolute atomic E-state index is 0.0289. The minimum Gasteiger partial charge on any atom is -0.497 e. The number of carbonyl (C=O) groups is 13. The molecule has 8 N–H and O–H groups in total. The maximum absolute atomic E-state index is 16.4. The number of ether oxygens (including phenoxy) is 4. The number of rotatable bonds is 13. The Morgan fingerprint density at radius 2 is 1.40 bits per heavy atom. The highest BCUT2D eigenvalue weighted by Gasteiger charge is 2.50. The van der Waals surface area contributed by atoms with Crippen LogP contribution in [0.1, 0.15) is 137 Å². The van der Waals surface area contributed by atoms with Gasteiger partial charge in [-0.2, -0.15) is 0 Å². The Hall–Kier alpha value is -10.8. The highest BCUT2D eigenvalue weighted by atomic mass is 19.1. The topological polar surface area (TPSA) is 381 Å². The molecule has 5 aromatic rings. The summed E-state index contributed by atoms with van der Waals surface area (Å²) >= 11 is 0. The maximum atomic E-state index is 16.4. The molecule has 7 aliphatic rings. The lowest BCUT2D eigenvalue weighted by molar-refractivity contribution is -0.870. The van der Waals surface area contributed by atoms with Gasteiger partial charge >= 0.3 is 0 Å². The molecule has 4 aromatic carbocycles. The van der Waals surface area contributed by atoms with Gasteiger partial charge in [0.1, 0.15) is 54.9 Å². The molecule has 11 amide bonds. The molecule has 0 radical (unpaired) electrons. The molecule has 8 heterocycles. The fourth-order valence-electron chi connectivity index (χ4n) is 16.7. The molecule has 0 saturated carbocycles. The minimum atomic E-state index is -1.85. The van der Waals surface area contributed by atoms with Crippen molar-refractivity contribution < 1.29 is 95.3 Å². The number of aryl methyl sites for hydroxylation is 1. The first-order valence-electron chi connectivity index (χ1n) is 42.7. The number of benzene rings is 4. The fourth-order valence-corrected chi connectivity index (χ4v) is 16.7. The number of fused-ring (bicyclic) bond motifs is 19. The second-order valence-corrected chi connectivity index (χ2v) is 34.0. The number of aliphatic hydroxyl groups is 1. The van der Waals surface area contributed by atoms with E-state index in [0.29, 0.717) is 88.5 Å². The number of aromatic nitrogens is 1. The Balaban J connectivity index is 1.02. The van der Waals surface area contributed by atoms with E-state index in [9.17, 15) is 33.9 Å². The second kappa shape index (κ2) is 43.3. The van der Waals surface area contributed by atoms with Crippen molar-refractivity contribution in [1.82, 2.24) is 61.4 Å². The number of quaternary nitrogens is 1. The van der Waals surface area contributed by atoms with Crippen LogP contribution in [0.15, 0.2) is 109 Å². The Bertz CT molecular complexity index is 4610. The van der Waals surface area contributed by atoms with Crippen LogP contribution in [0, 0.1) is 11.7 Å². The first-order chi connectivity index (χ1) is 58.5. The monoisotopic (exact) mass is 1690 g/mol. The molecule has 658 valence electrons. The molecule has 0 spiro atoms. The number of aliphatic hydroxyl groups excluding tert-OH is 1. The van der Waals surface area contributed by atoms with E-state index in [1.54, 1.807) is 72.6 Å². The third kappa shape index (κ3) is 25.4. The summed E-state index contributed by atoms with van der Waals surface area (Å²) in [5, 5.41) is 31.5. The third-order valence-corrected chi connectivity index (χ3v) is 23.7. The number of nitrogens with one attached hydrogen (secondary N) is 7. The van der Waals surface area contributed by atoms with Crippen LogP contribution in [0.25, 0.3) is 10.9 Å². The molecule has 3 saturated heterocycles. The van der Waals surface area contributed by atoms with Crippen LogP contribution in [-0.4, -0.2) is 271 Å². The summed E-state index contributed by atoms with van der Waals surface area (Å²) in [6.45, 7) is 3.39. The first kappa shape index (κ1) is 91.9. The Labute approximate surface area is 711 Å². The van der Waals surface area contributed by atoms with Gasteiger partial charge in [0.25, 0.3) is 0 Å². The molecule has 3 fully saturated rings. The molecule has 7 aliphatic heterocycles. The normalized spacial score (nSPS) is 24.9. The summed E-state index contributed by atoms with van der Waals surface area (Å²) in [5.74, 6) is -10.8. The van der Waals surface area contributed by atoms with Crippen LogP contribution in [-0.2, 0) is 122 Å². The average molecular weight is 1690 g/mol. The summed E-state index contributed by atoms with van der Waals surface area (Å²) in [5.41, 5.74) is 2.82. The lowest BCUT2D eigenvalue weighted by atomic mass is 9.88. The van der Waals surface area contributed by atoms with Gasteiger partial charge in [0.2, 0.25) is 65.0 Å². The molecule has 12 rings (SSSR count). The number of nitrogens with zero attached hydrogens (tertiary/aromatic N) is 6. The van der Waals surface area contributed by atoms with Gasteiger partial charge in [-0.3, -0.25) is 62.3 Å². The van der Waals surface area contributed by atoms with Gasteiger partial charge in [-0.25, -0.2) is 4.39 Å². The van der Waals surface area contributed by atoms with E-state index >= 15 is 38.0 Å². The van der Waals surface area contributed by atoms with Crippen molar-refractivity contribution in [2.24, 2.45) is 5.92 Å². The SMILES string of the molecule is COc1ccc(C[C@@H]2NC(=O)[C@H]([C@@H](C)O)NC(=O)[C@@H]3[C@@H]4CCN3C(=O)[C@H]3CC(=O)[C@H](Cc5cccc(c5)CNC(=O)CO4)NC(=O)[C@H]4CNC(=O)CCCCN(C(=O)CCOCCOCC[N+](C)(C)C)C[C@H](NC(=O)CCC(=O)N(CCCC=CCn5cc(c6cc(F)ccc65)C3)Cc3ccc(cc3)CCCC(=O)[C@]3(C)CCCN3C2=O)C(=O)N4)cc1. The quantitative estimate of drug-likeness (QED) is 0.0475. The molecule has 14 bridgehead atoms. The summed E-state index contributed by atoms with van der Waals surface area (Å²) in [6.07, 6.45) is 3.18. The predicted octanol–water partition coefficient (Wildman–Crippen LogP) is 3.52. The number of ketones is 2. The van der Waals surface area contributed by atoms with Gasteiger partial charge in [0.05, 0.1) is 84.9 Å². The van der Waals surface area contributed by atoms with Crippen LogP contribution in [0.3, 0.4) is 0 Å². The van der Waals surface area contributed by atoms with E-state index in [2.05, 4.69) is 37.2 Å². The van der Waals surface area contributed by atoms with E-state index < -0.39 is 169 Å². The standard InChI is InChI=1S/C90H118FN13O18/c1-58(105)82-86(115)96-70(47-60-25-28-67(119-6)29-26-60)89(118)103-39-15-35-90(103,2)76(107)19-14-16-59-21-23-61(24-22-59)54-100-37-11-8-7-10-36-99-55-65(68-51-66(91)27-30-73(68)99)49-64-50-74(106)69(48-62-17-13-18-63(46-62)52-92-79(110)57-122-75-33-40-102(88(64)117)83(75)87(116)98-82)95-84(113)71-53-93-77(108)20-9-12-38-101(56-72(85(114)97-71)94-78(109)31-32-80(100)111)81(112)34-42-120-44-45-121-43-41-104(3,4)5/h7,10,13,17-18,21-30,46,51,55,58,64,69-72,75,82-83,105H,8-9,11-12,14-16,19-20,31-45,47-50,52-54,56-57H2,1-6H3,(H6-,92,93,94,95,96,97,98,108,109,110,113,114,115,116)/p+1/t58-,64-,69+,70+,71-,72+,75+,82+,83+,90+/m1/s1. The molecule has 0 unspecified atom stereocenters. The van der Waals surface area contributed by atoms with Gasteiger partial charge in [0, 0.05) is 120 Å². The summed E-state index contributed by atoms with van der Waals surface area (Å²) < 4.78 is 41.8. The van der Waals surface area contributed by atoms with Crippen LogP contribution in [0.4, 0.5) is 4.39 Å². The van der Waals surface area contributed by atoms with Crippen molar-refractivity contribution >= 4 is 87.4 Å². The Kier molecular flexibility index (Phi) is 32.6. The number of methoxy groups -OCH3 is 1. The molecule has 122 heavy (non-hydrogen) atoms. The van der Waals surface area contributed by atoms with Crippen molar-refractivity contribution in [1.29, 1.82) is 0 Å². The van der Waals surface area contributed by atoms with Crippen molar-refractivity contribution in [2.45, 2.75) is 203 Å². The summed E-state index contributed by atoms with van der Waals surface area (Å²) in [7, 11) is 7.63. The van der Waals surface area contributed by atoms with Crippen molar-refractivity contribution in [3.8, 4) is 5.75 Å². The predicted molar refractivity (Wildman–Crippen MR) is 448 cm³/mol. The summed E-state index contributed by atoms with van der Waals surface area (Å²) in [4.78, 5) is 202. The zero-order valence-corrected chi connectivity index (χ0v) is 70.9. The van der Waals surface area contributed by atoms with Crippen LogP contribution in [0.5, 0.6) is 5.75 Å². The van der Waals surface area contributed by atoms with Gasteiger partial charge in [-0.15, -0.1) is 0 Å². The van der Waals surface area contributed by atoms with Gasteiger partial charge < -0.3 is 89.9 Å². The van der Waals surface area contributed by atoms with E-state index in [0.717, 1.165) is 17.7 Å². The Morgan fingerprint density at radius 3 is 2.16 bits per heavy atom. The number of carbonyl (C=O) groups excluding carboxylic acids is 13. The van der Waals surface area contributed by atoms with Crippen molar-refractivity contribution in [3.63, 3.8) is 0 Å². The van der Waals surface area contributed by atoms with Gasteiger partial charge in [-0.05, 0) is 148 Å². The van der Waals surface area contributed by atoms with E-state index in [1.165, 1.54) is 40.9 Å². The number of likely N-dealkylation sites (N-methyl/N-ethyl adjacent to an activating group) is 1. The average Bonchev–Trinajstić information content (AvgIpc) is 1.63. The number of halogens is 1. The number of Topliss-reactive ketones (excluding diaryl/α,β-unsaturated/α-hetero) is 2. The fraction of sp³-hybridized carbons (Fsp3) is 0.544. The lowest BCUT2D eigenvalue weighted by Gasteiger charge is -2.37. The van der Waals surface area contributed by atoms with E-state index in [1.807, 2.05) is 62.1 Å². The molecule has 0 aliphatic carbocycles. The smallest absolute Gasteiger partial charge is 0.246 e. The highest BCUT2D eigenvalue weighted by molar-refractivity contribution is 6.00. The zero-order valence-electron chi connectivity index (χ0n) is 70.9. The van der Waals surface area contributed by atoms with Crippen molar-refractivity contribution in [3.05, 3.63) is 149 Å². The summed E-state index contributed by atoms with van der Waals surface area (Å²) in [6, 6.07) is 15.5. The molecule has 31 nitrogen and oxygen atoms in total. The molecular formula is C90H119FN13O18+. The van der Waals surface area contributed by atoms with E-state index in [-0.39, 0.29) is 136 Å². The zero-order chi connectivity index (χ0) is 87.2. The number of allylic oxidation sites excluding steroid dienone is 2. The molecule has 10 atom stereocenters. The highest BCUT2D eigenvalue weighted by Crippen LogP contribution is 2.35.